The number of rotatable bonds is 9. The lowest BCUT2D eigenvalue weighted by Crippen LogP contribution is -2.31. The van der Waals surface area contributed by atoms with E-state index >= 15 is 0 Å². The van der Waals surface area contributed by atoms with E-state index < -0.39 is 17.6 Å². The van der Waals surface area contributed by atoms with Crippen molar-refractivity contribution < 1.29 is 22.7 Å². The highest BCUT2D eigenvalue weighted by Gasteiger charge is 2.31. The molecule has 0 fully saturated rings. The van der Waals surface area contributed by atoms with Crippen molar-refractivity contribution in [2.24, 2.45) is 0 Å². The summed E-state index contributed by atoms with van der Waals surface area (Å²) in [6.45, 7) is 1.08. The summed E-state index contributed by atoms with van der Waals surface area (Å²) in [6, 6.07) is 12.5. The maximum atomic E-state index is 13.1. The Bertz CT molecular complexity index is 978. The SMILES string of the molecule is CN(CCCOc1ccccc1)CC(=O)Nc1cc(C(F)(F)F)ccc1-n1cncn1. The summed E-state index contributed by atoms with van der Waals surface area (Å²) >= 11 is 0. The molecule has 1 aromatic heterocycles. The summed E-state index contributed by atoms with van der Waals surface area (Å²) in [5, 5.41) is 6.49. The van der Waals surface area contributed by atoms with E-state index in [0.717, 1.165) is 17.9 Å². The molecule has 0 saturated carbocycles. The molecule has 10 heteroatoms. The Kier molecular flexibility index (Phi) is 7.24. The molecule has 0 bridgehead atoms. The minimum absolute atomic E-state index is 0.00568. The molecule has 0 aliphatic rings. The summed E-state index contributed by atoms with van der Waals surface area (Å²) in [4.78, 5) is 18.0. The second-order valence-corrected chi connectivity index (χ2v) is 6.87. The number of likely N-dealkylation sites (N-methyl/N-ethyl adjacent to an activating group) is 1. The van der Waals surface area contributed by atoms with E-state index in [1.807, 2.05) is 30.3 Å². The molecule has 31 heavy (non-hydrogen) atoms. The fourth-order valence-electron chi connectivity index (χ4n) is 2.90. The molecular formula is C21H22F3N5O2. The van der Waals surface area contributed by atoms with Crippen LogP contribution in [0, 0.1) is 0 Å². The van der Waals surface area contributed by atoms with Crippen molar-refractivity contribution in [3.05, 3.63) is 66.7 Å². The number of nitrogens with zero attached hydrogens (tertiary/aromatic N) is 4. The Hall–Kier alpha value is -3.40. The van der Waals surface area contributed by atoms with Gasteiger partial charge in [-0.25, -0.2) is 9.67 Å². The first kappa shape index (κ1) is 22.3. The Morgan fingerprint density at radius 1 is 1.19 bits per heavy atom. The zero-order valence-corrected chi connectivity index (χ0v) is 16.8. The first-order valence-corrected chi connectivity index (χ1v) is 9.55. The van der Waals surface area contributed by atoms with Crippen molar-refractivity contribution in [1.82, 2.24) is 19.7 Å². The van der Waals surface area contributed by atoms with Crippen molar-refractivity contribution in [3.8, 4) is 11.4 Å². The number of nitrogens with one attached hydrogen (secondary N) is 1. The van der Waals surface area contributed by atoms with Crippen molar-refractivity contribution in [3.63, 3.8) is 0 Å². The second-order valence-electron chi connectivity index (χ2n) is 6.87. The summed E-state index contributed by atoms with van der Waals surface area (Å²) in [5.74, 6) is 0.334. The van der Waals surface area contributed by atoms with Crippen LogP contribution in [-0.2, 0) is 11.0 Å². The predicted molar refractivity (Wildman–Crippen MR) is 109 cm³/mol. The molecule has 7 nitrogen and oxygen atoms in total. The molecule has 3 rings (SSSR count). The van der Waals surface area contributed by atoms with Crippen molar-refractivity contribution in [2.45, 2.75) is 12.6 Å². The summed E-state index contributed by atoms with van der Waals surface area (Å²) in [7, 11) is 1.76. The third-order valence-electron chi connectivity index (χ3n) is 4.37. The largest absolute Gasteiger partial charge is 0.494 e. The van der Waals surface area contributed by atoms with Gasteiger partial charge in [-0.3, -0.25) is 9.69 Å². The zero-order chi connectivity index (χ0) is 22.3. The third kappa shape index (κ3) is 6.54. The van der Waals surface area contributed by atoms with Crippen LogP contribution in [0.15, 0.2) is 61.2 Å². The van der Waals surface area contributed by atoms with E-state index in [-0.39, 0.29) is 17.9 Å². The minimum Gasteiger partial charge on any atom is -0.494 e. The summed E-state index contributed by atoms with van der Waals surface area (Å²) in [5.41, 5.74) is -0.568. The summed E-state index contributed by atoms with van der Waals surface area (Å²) < 4.78 is 46.3. The average Bonchev–Trinajstić information content (AvgIpc) is 3.26. The summed E-state index contributed by atoms with van der Waals surface area (Å²) in [6.07, 6.45) is -1.24. The number of benzene rings is 2. The predicted octanol–water partition coefficient (Wildman–Crippen LogP) is 3.63. The van der Waals surface area contributed by atoms with E-state index in [4.69, 9.17) is 4.74 Å². The van der Waals surface area contributed by atoms with Gasteiger partial charge in [-0.1, -0.05) is 18.2 Å². The van der Waals surface area contributed by atoms with Crippen molar-refractivity contribution >= 4 is 11.6 Å². The van der Waals surface area contributed by atoms with Gasteiger partial charge in [0.2, 0.25) is 5.91 Å². The number of ether oxygens (including phenoxy) is 1. The number of aromatic nitrogens is 3. The van der Waals surface area contributed by atoms with Crippen molar-refractivity contribution in [1.29, 1.82) is 0 Å². The van der Waals surface area contributed by atoms with Gasteiger partial charge in [-0.15, -0.1) is 0 Å². The van der Waals surface area contributed by atoms with Crippen LogP contribution < -0.4 is 10.1 Å². The van der Waals surface area contributed by atoms with E-state index in [1.54, 1.807) is 11.9 Å². The van der Waals surface area contributed by atoms with Crippen LogP contribution in [0.25, 0.3) is 5.69 Å². The smallest absolute Gasteiger partial charge is 0.416 e. The number of halogens is 3. The van der Waals surface area contributed by atoms with Crippen molar-refractivity contribution in [2.75, 3.05) is 32.1 Å². The van der Waals surface area contributed by atoms with Gasteiger partial charge in [0.15, 0.2) is 0 Å². The monoisotopic (exact) mass is 433 g/mol. The molecule has 1 N–H and O–H groups in total. The lowest BCUT2D eigenvalue weighted by molar-refractivity contribution is -0.137. The van der Waals surface area contributed by atoms with Crippen LogP contribution in [0.3, 0.4) is 0 Å². The molecule has 3 aromatic rings. The van der Waals surface area contributed by atoms with Crippen LogP contribution in [0.2, 0.25) is 0 Å². The number of carbonyl (C=O) groups is 1. The highest BCUT2D eigenvalue weighted by atomic mass is 19.4. The van der Waals surface area contributed by atoms with E-state index in [0.29, 0.717) is 19.6 Å². The van der Waals surface area contributed by atoms with Crippen LogP contribution in [0.5, 0.6) is 5.75 Å². The maximum Gasteiger partial charge on any atom is 0.416 e. The number of alkyl halides is 3. The molecule has 0 radical (unpaired) electrons. The Balaban J connectivity index is 1.57. The quantitative estimate of drug-likeness (QED) is 0.522. The highest BCUT2D eigenvalue weighted by Crippen LogP contribution is 2.33. The third-order valence-corrected chi connectivity index (χ3v) is 4.37. The van der Waals surface area contributed by atoms with Gasteiger partial charge in [0.1, 0.15) is 18.4 Å². The number of hydrogen-bond donors (Lipinski definition) is 1. The molecule has 0 saturated heterocycles. The maximum absolute atomic E-state index is 13.1. The normalized spacial score (nSPS) is 11.5. The van der Waals surface area contributed by atoms with Crippen LogP contribution in [0.1, 0.15) is 12.0 Å². The van der Waals surface area contributed by atoms with E-state index in [1.165, 1.54) is 23.4 Å². The van der Waals surface area contributed by atoms with E-state index in [2.05, 4.69) is 15.4 Å². The first-order valence-electron chi connectivity index (χ1n) is 9.55. The van der Waals surface area contributed by atoms with Crippen LogP contribution >= 0.6 is 0 Å². The van der Waals surface area contributed by atoms with Gasteiger partial charge in [0.25, 0.3) is 0 Å². The zero-order valence-electron chi connectivity index (χ0n) is 16.8. The minimum atomic E-state index is -4.53. The molecule has 2 aromatic carbocycles. The Morgan fingerprint density at radius 3 is 2.65 bits per heavy atom. The number of anilines is 1. The van der Waals surface area contributed by atoms with Gasteiger partial charge in [-0.2, -0.15) is 18.3 Å². The Labute approximate surface area is 177 Å². The van der Waals surface area contributed by atoms with Crippen LogP contribution in [0.4, 0.5) is 18.9 Å². The fraction of sp³-hybridized carbons (Fsp3) is 0.286. The van der Waals surface area contributed by atoms with E-state index in [9.17, 15) is 18.0 Å². The van der Waals surface area contributed by atoms with Gasteiger partial charge < -0.3 is 10.1 Å². The number of amides is 1. The average molecular weight is 433 g/mol. The number of carbonyl (C=O) groups excluding carboxylic acids is 1. The molecular weight excluding hydrogens is 411 g/mol. The molecule has 1 amide bonds. The molecule has 0 aliphatic carbocycles. The molecule has 0 atom stereocenters. The molecule has 0 spiro atoms. The first-order chi connectivity index (χ1) is 14.8. The molecule has 0 unspecified atom stereocenters. The van der Waals surface area contributed by atoms with Crippen LogP contribution in [-0.4, -0.2) is 52.3 Å². The van der Waals surface area contributed by atoms with Gasteiger partial charge >= 0.3 is 6.18 Å². The lowest BCUT2D eigenvalue weighted by atomic mass is 10.1. The molecule has 1 heterocycles. The molecule has 0 aliphatic heterocycles. The fourth-order valence-corrected chi connectivity index (χ4v) is 2.90. The standard InChI is InChI=1S/C21H22F3N5O2/c1-28(10-5-11-31-17-6-3-2-4-7-17)13-20(30)27-18-12-16(21(22,23)24)8-9-19(18)29-15-25-14-26-29/h2-4,6-9,12,14-15H,5,10-11,13H2,1H3,(H,27,30). The highest BCUT2D eigenvalue weighted by molar-refractivity contribution is 5.94. The van der Waals surface area contributed by atoms with Gasteiger partial charge in [0.05, 0.1) is 30.1 Å². The van der Waals surface area contributed by atoms with Gasteiger partial charge in [-0.05, 0) is 43.8 Å². The number of hydrogen-bond acceptors (Lipinski definition) is 5. The number of para-hydroxylation sites is 1. The molecule has 164 valence electrons. The second kappa shape index (κ2) is 10.1. The van der Waals surface area contributed by atoms with Gasteiger partial charge in [0, 0.05) is 6.54 Å². The topological polar surface area (TPSA) is 72.3 Å². The lowest BCUT2D eigenvalue weighted by Gasteiger charge is -2.18. The Morgan fingerprint density at radius 2 is 1.97 bits per heavy atom.